The number of hydrogen-bond donors (Lipinski definition) is 1. The Morgan fingerprint density at radius 2 is 2.13 bits per heavy atom. The molecule has 2 unspecified atom stereocenters. The molecule has 1 aromatic heterocycles. The molecule has 0 radical (unpaired) electrons. The zero-order chi connectivity index (χ0) is 16.4. The first kappa shape index (κ1) is 15.6. The predicted octanol–water partition coefficient (Wildman–Crippen LogP) is 1.61. The van der Waals surface area contributed by atoms with E-state index < -0.39 is 0 Å². The van der Waals surface area contributed by atoms with Gasteiger partial charge in [-0.1, -0.05) is 12.1 Å². The summed E-state index contributed by atoms with van der Waals surface area (Å²) in [5, 5.41) is 7.94. The Bertz CT molecular complexity index is 684. The van der Waals surface area contributed by atoms with Gasteiger partial charge in [0.1, 0.15) is 5.82 Å². The summed E-state index contributed by atoms with van der Waals surface area (Å²) in [6.45, 7) is 3.25. The van der Waals surface area contributed by atoms with E-state index in [4.69, 9.17) is 5.73 Å². The zero-order valence-corrected chi connectivity index (χ0v) is 13.0. The lowest BCUT2D eigenvalue weighted by atomic mass is 9.90. The van der Waals surface area contributed by atoms with E-state index in [0.717, 1.165) is 12.8 Å². The van der Waals surface area contributed by atoms with Crippen molar-refractivity contribution in [3.8, 4) is 5.69 Å². The first-order valence-corrected chi connectivity index (χ1v) is 7.79. The Hall–Kier alpha value is -2.28. The zero-order valence-electron chi connectivity index (χ0n) is 13.0. The smallest absolute Gasteiger partial charge is 0.276 e. The third-order valence-corrected chi connectivity index (χ3v) is 4.42. The summed E-state index contributed by atoms with van der Waals surface area (Å²) >= 11 is 0. The van der Waals surface area contributed by atoms with E-state index in [1.54, 1.807) is 23.2 Å². The third kappa shape index (κ3) is 3.10. The normalized spacial score (nSPS) is 21.4. The lowest BCUT2D eigenvalue weighted by molar-refractivity contribution is 0.0526. The fourth-order valence-electron chi connectivity index (χ4n) is 3.09. The van der Waals surface area contributed by atoms with Gasteiger partial charge in [-0.2, -0.15) is 0 Å². The van der Waals surface area contributed by atoms with Gasteiger partial charge >= 0.3 is 0 Å². The van der Waals surface area contributed by atoms with Gasteiger partial charge in [0.2, 0.25) is 0 Å². The van der Waals surface area contributed by atoms with Crippen LogP contribution < -0.4 is 5.73 Å². The average molecular weight is 317 g/mol. The van der Waals surface area contributed by atoms with Crippen LogP contribution in [0.3, 0.4) is 0 Å². The van der Waals surface area contributed by atoms with E-state index >= 15 is 0 Å². The van der Waals surface area contributed by atoms with Crippen molar-refractivity contribution < 1.29 is 9.18 Å². The molecule has 2 aromatic rings. The first-order chi connectivity index (χ1) is 11.1. The summed E-state index contributed by atoms with van der Waals surface area (Å²) in [4.78, 5) is 14.5. The van der Waals surface area contributed by atoms with Crippen LogP contribution in [-0.4, -0.2) is 44.9 Å². The molecule has 0 bridgehead atoms. The molecule has 6 nitrogen and oxygen atoms in total. The number of carbonyl (C=O) groups is 1. The highest BCUT2D eigenvalue weighted by Crippen LogP contribution is 2.24. The largest absolute Gasteiger partial charge is 0.333 e. The molecule has 122 valence electrons. The fraction of sp³-hybridized carbons (Fsp3) is 0.438. The van der Waals surface area contributed by atoms with E-state index in [0.29, 0.717) is 24.7 Å². The highest BCUT2D eigenvalue weighted by atomic mass is 19.1. The van der Waals surface area contributed by atoms with Crippen molar-refractivity contribution in [2.45, 2.75) is 25.8 Å². The summed E-state index contributed by atoms with van der Waals surface area (Å²) in [6.07, 6.45) is 3.62. The van der Waals surface area contributed by atoms with Crippen molar-refractivity contribution in [1.82, 2.24) is 19.9 Å². The Morgan fingerprint density at radius 3 is 2.83 bits per heavy atom. The quantitative estimate of drug-likeness (QED) is 0.933. The Kier molecular flexibility index (Phi) is 4.38. The van der Waals surface area contributed by atoms with Gasteiger partial charge in [-0.25, -0.2) is 9.07 Å². The maximum absolute atomic E-state index is 13.0. The minimum atomic E-state index is -0.321. The summed E-state index contributed by atoms with van der Waals surface area (Å²) in [5.41, 5.74) is 6.77. The standard InChI is InChI=1S/C16H20FN5O/c1-11-3-2-8-21(15(11)9-18)16(23)14-10-22(20-19-14)13-6-4-12(17)5-7-13/h4-7,10-11,15H,2-3,8-9,18H2,1H3. The summed E-state index contributed by atoms with van der Waals surface area (Å²) in [5.74, 6) is -0.0940. The molecule has 3 rings (SSSR count). The molecular weight excluding hydrogens is 297 g/mol. The van der Waals surface area contributed by atoms with Crippen LogP contribution in [-0.2, 0) is 0 Å². The van der Waals surface area contributed by atoms with Crippen molar-refractivity contribution in [1.29, 1.82) is 0 Å². The average Bonchev–Trinajstić information content (AvgIpc) is 3.04. The minimum Gasteiger partial charge on any atom is -0.333 e. The van der Waals surface area contributed by atoms with Crippen molar-refractivity contribution in [2.24, 2.45) is 11.7 Å². The van der Waals surface area contributed by atoms with E-state index in [2.05, 4.69) is 17.2 Å². The van der Waals surface area contributed by atoms with Gasteiger partial charge in [0.25, 0.3) is 5.91 Å². The summed E-state index contributed by atoms with van der Waals surface area (Å²) < 4.78 is 14.4. The van der Waals surface area contributed by atoms with Crippen LogP contribution in [0.5, 0.6) is 0 Å². The Morgan fingerprint density at radius 1 is 1.39 bits per heavy atom. The number of likely N-dealkylation sites (tertiary alicyclic amines) is 1. The number of amides is 1. The number of aromatic nitrogens is 3. The van der Waals surface area contributed by atoms with E-state index in [-0.39, 0.29) is 23.5 Å². The highest BCUT2D eigenvalue weighted by molar-refractivity contribution is 5.92. The number of rotatable bonds is 3. The molecule has 2 heterocycles. The minimum absolute atomic E-state index is 0.0345. The van der Waals surface area contributed by atoms with Crippen LogP contribution in [0.25, 0.3) is 5.69 Å². The van der Waals surface area contributed by atoms with Crippen LogP contribution in [0.4, 0.5) is 4.39 Å². The van der Waals surface area contributed by atoms with Crippen molar-refractivity contribution in [3.05, 3.63) is 42.0 Å². The van der Waals surface area contributed by atoms with E-state index in [9.17, 15) is 9.18 Å². The Balaban J connectivity index is 1.82. The third-order valence-electron chi connectivity index (χ3n) is 4.42. The molecule has 1 fully saturated rings. The molecule has 1 aliphatic rings. The molecule has 1 saturated heterocycles. The molecule has 1 aliphatic heterocycles. The molecular formula is C16H20FN5O. The molecule has 2 atom stereocenters. The molecule has 7 heteroatoms. The number of halogens is 1. The van der Waals surface area contributed by atoms with Gasteiger partial charge in [0.05, 0.1) is 11.9 Å². The second kappa shape index (κ2) is 6.45. The Labute approximate surface area is 134 Å². The first-order valence-electron chi connectivity index (χ1n) is 7.79. The number of nitrogens with two attached hydrogens (primary N) is 1. The van der Waals surface area contributed by atoms with Gasteiger partial charge in [-0.3, -0.25) is 4.79 Å². The highest BCUT2D eigenvalue weighted by Gasteiger charge is 2.32. The van der Waals surface area contributed by atoms with Gasteiger partial charge < -0.3 is 10.6 Å². The summed E-state index contributed by atoms with van der Waals surface area (Å²) in [6, 6.07) is 5.89. The SMILES string of the molecule is CC1CCCN(C(=O)c2cn(-c3ccc(F)cc3)nn2)C1CN. The molecule has 1 amide bonds. The fourth-order valence-corrected chi connectivity index (χ4v) is 3.09. The number of carbonyl (C=O) groups excluding carboxylic acids is 1. The lowest BCUT2D eigenvalue weighted by Gasteiger charge is -2.39. The van der Waals surface area contributed by atoms with Crippen LogP contribution >= 0.6 is 0 Å². The number of nitrogens with zero attached hydrogens (tertiary/aromatic N) is 4. The van der Waals surface area contributed by atoms with Crippen LogP contribution in [0.2, 0.25) is 0 Å². The second-order valence-corrected chi connectivity index (χ2v) is 5.95. The van der Waals surface area contributed by atoms with E-state index in [1.165, 1.54) is 16.8 Å². The topological polar surface area (TPSA) is 77.0 Å². The number of benzene rings is 1. The van der Waals surface area contributed by atoms with Gasteiger partial charge in [-0.05, 0) is 43.0 Å². The van der Waals surface area contributed by atoms with Gasteiger partial charge in [0.15, 0.2) is 5.69 Å². The summed E-state index contributed by atoms with van der Waals surface area (Å²) in [7, 11) is 0. The second-order valence-electron chi connectivity index (χ2n) is 5.95. The molecule has 0 spiro atoms. The van der Waals surface area contributed by atoms with E-state index in [1.807, 2.05) is 0 Å². The number of piperidine rings is 1. The molecule has 1 aromatic carbocycles. The monoisotopic (exact) mass is 317 g/mol. The van der Waals surface area contributed by atoms with Crippen molar-refractivity contribution >= 4 is 5.91 Å². The molecule has 23 heavy (non-hydrogen) atoms. The lowest BCUT2D eigenvalue weighted by Crippen LogP contribution is -2.51. The molecule has 0 aliphatic carbocycles. The van der Waals surface area contributed by atoms with Crippen molar-refractivity contribution in [2.75, 3.05) is 13.1 Å². The number of hydrogen-bond acceptors (Lipinski definition) is 4. The maximum atomic E-state index is 13.0. The van der Waals surface area contributed by atoms with Gasteiger partial charge in [0, 0.05) is 19.1 Å². The predicted molar refractivity (Wildman–Crippen MR) is 83.6 cm³/mol. The van der Waals surface area contributed by atoms with Gasteiger partial charge in [-0.15, -0.1) is 5.10 Å². The van der Waals surface area contributed by atoms with Crippen LogP contribution in [0, 0.1) is 11.7 Å². The van der Waals surface area contributed by atoms with Crippen LogP contribution in [0.1, 0.15) is 30.3 Å². The molecule has 0 saturated carbocycles. The molecule has 2 N–H and O–H groups in total. The van der Waals surface area contributed by atoms with Crippen molar-refractivity contribution in [3.63, 3.8) is 0 Å². The maximum Gasteiger partial charge on any atom is 0.276 e. The van der Waals surface area contributed by atoms with Crippen LogP contribution in [0.15, 0.2) is 30.5 Å².